The highest BCUT2D eigenvalue weighted by Gasteiger charge is 2.26. The molecule has 1 atom stereocenters. The van der Waals surface area contributed by atoms with E-state index < -0.39 is 0 Å². The van der Waals surface area contributed by atoms with Gasteiger partial charge in [-0.2, -0.15) is 0 Å². The third-order valence-corrected chi connectivity index (χ3v) is 6.23. The number of likely N-dealkylation sites (tertiary alicyclic amines) is 1. The molecule has 2 aromatic carbocycles. The van der Waals surface area contributed by atoms with Crippen LogP contribution < -0.4 is 0 Å². The molecule has 6 nitrogen and oxygen atoms in total. The summed E-state index contributed by atoms with van der Waals surface area (Å²) in [5.41, 5.74) is 6.25. The minimum atomic E-state index is 0.0607. The van der Waals surface area contributed by atoms with Crippen LogP contribution in [0, 0.1) is 6.92 Å². The van der Waals surface area contributed by atoms with Gasteiger partial charge in [-0.05, 0) is 55.7 Å². The summed E-state index contributed by atoms with van der Waals surface area (Å²) in [6, 6.07) is 22.5. The van der Waals surface area contributed by atoms with Gasteiger partial charge in [0.1, 0.15) is 12.7 Å². The lowest BCUT2D eigenvalue weighted by atomic mass is 9.93. The monoisotopic (exact) mass is 437 g/mol. The second kappa shape index (κ2) is 9.36. The number of piperidine rings is 1. The Morgan fingerprint density at radius 1 is 1.00 bits per heavy atom. The van der Waals surface area contributed by atoms with Crippen LogP contribution in [-0.4, -0.2) is 43.6 Å². The molecule has 0 N–H and O–H groups in total. The van der Waals surface area contributed by atoms with E-state index in [1.165, 1.54) is 11.1 Å². The third-order valence-electron chi connectivity index (χ3n) is 6.23. The van der Waals surface area contributed by atoms with Crippen molar-refractivity contribution in [2.45, 2.75) is 32.1 Å². The van der Waals surface area contributed by atoms with Crippen molar-refractivity contribution >= 4 is 5.91 Å². The van der Waals surface area contributed by atoms with Crippen LogP contribution in [0.15, 0.2) is 79.4 Å². The van der Waals surface area contributed by atoms with Gasteiger partial charge in [0, 0.05) is 48.1 Å². The van der Waals surface area contributed by atoms with Crippen LogP contribution in [0.3, 0.4) is 0 Å². The van der Waals surface area contributed by atoms with Crippen LogP contribution in [0.25, 0.3) is 5.69 Å². The molecule has 1 fully saturated rings. The van der Waals surface area contributed by atoms with E-state index in [1.54, 1.807) is 17.2 Å². The van der Waals surface area contributed by atoms with Crippen molar-refractivity contribution in [1.29, 1.82) is 0 Å². The Morgan fingerprint density at radius 2 is 1.82 bits per heavy atom. The van der Waals surface area contributed by atoms with Crippen molar-refractivity contribution in [3.63, 3.8) is 0 Å². The lowest BCUT2D eigenvalue weighted by Gasteiger charge is -2.33. The minimum Gasteiger partial charge on any atom is -0.338 e. The summed E-state index contributed by atoms with van der Waals surface area (Å²) in [6.07, 6.45) is 6.11. The normalized spacial score (nSPS) is 16.0. The van der Waals surface area contributed by atoms with Crippen molar-refractivity contribution in [2.24, 2.45) is 0 Å². The first-order valence-corrected chi connectivity index (χ1v) is 11.4. The zero-order chi connectivity index (χ0) is 22.6. The van der Waals surface area contributed by atoms with Crippen LogP contribution in [0.1, 0.15) is 51.6 Å². The van der Waals surface area contributed by atoms with Gasteiger partial charge in [-0.15, -0.1) is 10.2 Å². The number of aromatic nitrogens is 4. The molecule has 6 heteroatoms. The molecule has 0 saturated carbocycles. The zero-order valence-corrected chi connectivity index (χ0v) is 18.8. The number of aryl methyl sites for hydroxylation is 1. The van der Waals surface area contributed by atoms with Crippen molar-refractivity contribution < 1.29 is 4.79 Å². The number of carbonyl (C=O) groups excluding carboxylic acids is 1. The molecule has 1 aliphatic rings. The van der Waals surface area contributed by atoms with Gasteiger partial charge < -0.3 is 4.90 Å². The molecule has 1 amide bonds. The first-order chi connectivity index (χ1) is 16.2. The van der Waals surface area contributed by atoms with Crippen molar-refractivity contribution in [1.82, 2.24) is 24.6 Å². The Balaban J connectivity index is 1.31. The third kappa shape index (κ3) is 4.85. The second-order valence-electron chi connectivity index (χ2n) is 8.73. The number of amides is 1. The summed E-state index contributed by atoms with van der Waals surface area (Å²) < 4.78 is 1.80. The average Bonchev–Trinajstić information content (AvgIpc) is 3.39. The molecule has 1 aliphatic heterocycles. The largest absolute Gasteiger partial charge is 0.338 e. The molecule has 0 spiro atoms. The van der Waals surface area contributed by atoms with Gasteiger partial charge in [-0.1, -0.05) is 42.0 Å². The Morgan fingerprint density at radius 3 is 2.67 bits per heavy atom. The fraction of sp³-hybridized carbons (Fsp3) is 0.259. The molecule has 5 rings (SSSR count). The SMILES string of the molecule is Cc1cccc(Cc2cccc([C@H]3CCCN(C(=O)c4cccc(-n5cnnc5)c4)C3)n2)c1. The minimum absolute atomic E-state index is 0.0607. The molecular formula is C27H27N5O. The quantitative estimate of drug-likeness (QED) is 0.458. The molecular weight excluding hydrogens is 410 g/mol. The maximum atomic E-state index is 13.3. The van der Waals surface area contributed by atoms with Crippen molar-refractivity contribution in [3.05, 3.63) is 107 Å². The first-order valence-electron chi connectivity index (χ1n) is 11.4. The predicted octanol–water partition coefficient (Wildman–Crippen LogP) is 4.58. The van der Waals surface area contributed by atoms with Gasteiger partial charge in [0.25, 0.3) is 5.91 Å². The van der Waals surface area contributed by atoms with Gasteiger partial charge in [0.15, 0.2) is 0 Å². The predicted molar refractivity (Wildman–Crippen MR) is 127 cm³/mol. The summed E-state index contributed by atoms with van der Waals surface area (Å²) in [5.74, 6) is 0.312. The Bertz CT molecular complexity index is 1250. The van der Waals surface area contributed by atoms with Crippen LogP contribution in [0.4, 0.5) is 0 Å². The van der Waals surface area contributed by atoms with Gasteiger partial charge in [-0.3, -0.25) is 14.3 Å². The van der Waals surface area contributed by atoms with Crippen LogP contribution >= 0.6 is 0 Å². The Kier molecular flexibility index (Phi) is 5.98. The van der Waals surface area contributed by atoms with Gasteiger partial charge >= 0.3 is 0 Å². The molecule has 4 aromatic rings. The second-order valence-corrected chi connectivity index (χ2v) is 8.73. The van der Waals surface area contributed by atoms with Gasteiger partial charge in [-0.25, -0.2) is 0 Å². The maximum Gasteiger partial charge on any atom is 0.253 e. The number of hydrogen-bond acceptors (Lipinski definition) is 4. The first kappa shape index (κ1) is 21.1. The highest BCUT2D eigenvalue weighted by Crippen LogP contribution is 2.27. The number of carbonyl (C=O) groups is 1. The van der Waals surface area contributed by atoms with Crippen molar-refractivity contribution in [2.75, 3.05) is 13.1 Å². The molecule has 0 radical (unpaired) electrons. The fourth-order valence-corrected chi connectivity index (χ4v) is 4.57. The van der Waals surface area contributed by atoms with Crippen LogP contribution in [0.2, 0.25) is 0 Å². The Labute approximate surface area is 193 Å². The highest BCUT2D eigenvalue weighted by molar-refractivity contribution is 5.94. The van der Waals surface area contributed by atoms with Crippen LogP contribution in [0.5, 0.6) is 0 Å². The summed E-state index contributed by atoms with van der Waals surface area (Å²) in [7, 11) is 0. The molecule has 0 unspecified atom stereocenters. The molecule has 2 aromatic heterocycles. The number of rotatable bonds is 5. The Hall–Kier alpha value is -3.80. The zero-order valence-electron chi connectivity index (χ0n) is 18.8. The lowest BCUT2D eigenvalue weighted by molar-refractivity contribution is 0.0706. The summed E-state index contributed by atoms with van der Waals surface area (Å²) >= 11 is 0. The number of benzene rings is 2. The van der Waals surface area contributed by atoms with E-state index in [0.29, 0.717) is 12.1 Å². The summed E-state index contributed by atoms with van der Waals surface area (Å²) in [6.45, 7) is 3.58. The smallest absolute Gasteiger partial charge is 0.253 e. The number of pyridine rings is 1. The highest BCUT2D eigenvalue weighted by atomic mass is 16.2. The molecule has 0 aliphatic carbocycles. The van der Waals surface area contributed by atoms with E-state index in [2.05, 4.69) is 59.6 Å². The van der Waals surface area contributed by atoms with E-state index in [1.807, 2.05) is 29.2 Å². The topological polar surface area (TPSA) is 63.9 Å². The van der Waals surface area contributed by atoms with Gasteiger partial charge in [0.05, 0.1) is 0 Å². The molecule has 166 valence electrons. The van der Waals surface area contributed by atoms with Crippen molar-refractivity contribution in [3.8, 4) is 5.69 Å². The molecule has 1 saturated heterocycles. The molecule has 3 heterocycles. The van der Waals surface area contributed by atoms with Crippen LogP contribution in [-0.2, 0) is 6.42 Å². The number of nitrogens with zero attached hydrogens (tertiary/aromatic N) is 5. The summed E-state index contributed by atoms with van der Waals surface area (Å²) in [5, 5.41) is 7.71. The fourth-order valence-electron chi connectivity index (χ4n) is 4.57. The van der Waals surface area contributed by atoms with E-state index in [-0.39, 0.29) is 11.8 Å². The standard InChI is InChI=1S/C27H27N5O/c1-20-6-2-7-21(14-20)15-24-10-4-12-26(30-24)23-9-5-13-31(17-23)27(33)22-8-3-11-25(16-22)32-18-28-29-19-32/h2-4,6-8,10-12,14,16,18-19,23H,5,9,13,15,17H2,1H3/t23-/m0/s1. The van der Waals surface area contributed by atoms with E-state index >= 15 is 0 Å². The molecule has 33 heavy (non-hydrogen) atoms. The molecule has 0 bridgehead atoms. The average molecular weight is 438 g/mol. The number of hydrogen-bond donors (Lipinski definition) is 0. The maximum absolute atomic E-state index is 13.3. The van der Waals surface area contributed by atoms with Gasteiger partial charge in [0.2, 0.25) is 0 Å². The van der Waals surface area contributed by atoms with E-state index in [0.717, 1.165) is 42.9 Å². The van der Waals surface area contributed by atoms with E-state index in [4.69, 9.17) is 4.98 Å². The summed E-state index contributed by atoms with van der Waals surface area (Å²) in [4.78, 5) is 20.3. The lowest BCUT2D eigenvalue weighted by Crippen LogP contribution is -2.39. The van der Waals surface area contributed by atoms with E-state index in [9.17, 15) is 4.79 Å².